The second-order valence-corrected chi connectivity index (χ2v) is 6.09. The lowest BCUT2D eigenvalue weighted by molar-refractivity contribution is 0.979. The van der Waals surface area contributed by atoms with Crippen LogP contribution in [0.1, 0.15) is 11.9 Å². The van der Waals surface area contributed by atoms with E-state index >= 15 is 0 Å². The number of anilines is 1. The first kappa shape index (κ1) is 12.3. The number of imidazole rings is 1. The van der Waals surface area contributed by atoms with E-state index in [1.807, 2.05) is 13.8 Å². The molecule has 7 nitrogen and oxygen atoms in total. The topological polar surface area (TPSA) is 92.3 Å². The third-order valence-electron chi connectivity index (χ3n) is 2.28. The van der Waals surface area contributed by atoms with Crippen LogP contribution in [0.15, 0.2) is 15.7 Å². The van der Waals surface area contributed by atoms with Gasteiger partial charge in [0.1, 0.15) is 15.6 Å². The molecule has 0 saturated carbocycles. The molecule has 0 spiro atoms. The number of H-pyrrole nitrogens is 1. The molecule has 0 aliphatic carbocycles. The Bertz CT molecular complexity index is 705. The normalized spacial score (nSPS) is 11.1. The van der Waals surface area contributed by atoms with Crippen LogP contribution in [0.2, 0.25) is 0 Å². The van der Waals surface area contributed by atoms with Gasteiger partial charge in [-0.3, -0.25) is 0 Å². The molecular weight excluding hydrogens is 282 g/mol. The van der Waals surface area contributed by atoms with Crippen LogP contribution in [-0.2, 0) is 0 Å². The maximum Gasteiger partial charge on any atom is 0.225 e. The van der Waals surface area contributed by atoms with E-state index in [-0.39, 0.29) is 0 Å². The highest BCUT2D eigenvalue weighted by Gasteiger charge is 2.13. The molecule has 0 bridgehead atoms. The lowest BCUT2D eigenvalue weighted by Crippen LogP contribution is -2.03. The summed E-state index contributed by atoms with van der Waals surface area (Å²) in [6, 6.07) is 0. The quantitative estimate of drug-likeness (QED) is 0.711. The fraction of sp³-hybridized carbons (Fsp3) is 0.300. The third kappa shape index (κ3) is 2.51. The molecule has 0 fully saturated rings. The fourth-order valence-corrected chi connectivity index (χ4v) is 3.33. The first-order valence-corrected chi connectivity index (χ1v) is 7.32. The van der Waals surface area contributed by atoms with Crippen molar-refractivity contribution in [2.45, 2.75) is 23.2 Å². The van der Waals surface area contributed by atoms with Gasteiger partial charge in [-0.25, -0.2) is 9.97 Å². The summed E-state index contributed by atoms with van der Waals surface area (Å²) < 4.78 is 0.856. The van der Waals surface area contributed by atoms with Gasteiger partial charge in [-0.05, 0) is 25.6 Å². The van der Waals surface area contributed by atoms with Gasteiger partial charge < -0.3 is 10.3 Å². The number of hydrogen-bond acceptors (Lipinski definition) is 8. The van der Waals surface area contributed by atoms with Crippen LogP contribution in [0.4, 0.5) is 5.95 Å². The van der Waals surface area contributed by atoms with Crippen LogP contribution in [0.3, 0.4) is 0 Å². The van der Waals surface area contributed by atoms with Gasteiger partial charge in [-0.2, -0.15) is 4.98 Å². The van der Waals surface area contributed by atoms with E-state index < -0.39 is 0 Å². The standard InChI is InChI=1S/C10H11N7S2/c1-3-11-9-14-7-6(12-4-13-7)8(15-9)19-10-17-16-5(2)18-10/h4H,3H2,1-2H3,(H2,11,12,13,14,15). The van der Waals surface area contributed by atoms with Gasteiger partial charge >= 0.3 is 0 Å². The number of aromatic nitrogens is 6. The number of rotatable bonds is 4. The molecule has 0 radical (unpaired) electrons. The summed E-state index contributed by atoms with van der Waals surface area (Å²) in [5, 5.41) is 12.9. The van der Waals surface area contributed by atoms with E-state index in [0.29, 0.717) is 11.6 Å². The molecule has 0 aromatic carbocycles. The van der Waals surface area contributed by atoms with Crippen LogP contribution in [0, 0.1) is 6.92 Å². The van der Waals surface area contributed by atoms with Gasteiger partial charge in [0.2, 0.25) is 5.95 Å². The number of hydrogen-bond donors (Lipinski definition) is 2. The predicted octanol–water partition coefficient (Wildman–Crippen LogP) is 2.10. The number of nitrogens with zero attached hydrogens (tertiary/aromatic N) is 5. The van der Waals surface area contributed by atoms with E-state index in [9.17, 15) is 0 Å². The minimum absolute atomic E-state index is 0.575. The van der Waals surface area contributed by atoms with Crippen molar-refractivity contribution in [3.8, 4) is 0 Å². The second kappa shape index (κ2) is 5.10. The summed E-state index contributed by atoms with van der Waals surface area (Å²) in [6.45, 7) is 4.69. The van der Waals surface area contributed by atoms with Crippen molar-refractivity contribution in [2.24, 2.45) is 0 Å². The molecule has 0 amide bonds. The molecule has 0 aliphatic rings. The minimum Gasteiger partial charge on any atom is -0.354 e. The SMILES string of the molecule is CCNc1nc(Sc2nnc(C)s2)c2[nH]cnc2n1. The zero-order valence-corrected chi connectivity index (χ0v) is 12.0. The van der Waals surface area contributed by atoms with Crippen LogP contribution in [-0.4, -0.2) is 36.7 Å². The van der Waals surface area contributed by atoms with E-state index in [4.69, 9.17) is 0 Å². The predicted molar refractivity (Wildman–Crippen MR) is 74.6 cm³/mol. The first-order valence-electron chi connectivity index (χ1n) is 5.69. The van der Waals surface area contributed by atoms with Gasteiger partial charge in [0.25, 0.3) is 0 Å². The Kier molecular flexibility index (Phi) is 3.30. The lowest BCUT2D eigenvalue weighted by atomic mass is 10.5. The Labute approximate surface area is 117 Å². The van der Waals surface area contributed by atoms with Gasteiger partial charge in [0.15, 0.2) is 9.99 Å². The monoisotopic (exact) mass is 293 g/mol. The zero-order chi connectivity index (χ0) is 13.2. The fourth-order valence-electron chi connectivity index (χ4n) is 1.52. The Hall–Kier alpha value is -1.74. The molecular formula is C10H11N7S2. The van der Waals surface area contributed by atoms with Crippen molar-refractivity contribution in [3.05, 3.63) is 11.3 Å². The molecule has 3 aromatic rings. The number of aromatic amines is 1. The Morgan fingerprint density at radius 1 is 1.37 bits per heavy atom. The van der Waals surface area contributed by atoms with Crippen molar-refractivity contribution in [1.29, 1.82) is 0 Å². The summed E-state index contributed by atoms with van der Waals surface area (Å²) >= 11 is 3.00. The summed E-state index contributed by atoms with van der Waals surface area (Å²) in [6.07, 6.45) is 1.62. The third-order valence-corrected chi connectivity index (χ3v) is 4.16. The second-order valence-electron chi connectivity index (χ2n) is 3.67. The smallest absolute Gasteiger partial charge is 0.225 e. The molecule has 0 unspecified atom stereocenters. The summed E-state index contributed by atoms with van der Waals surface area (Å²) in [5.74, 6) is 0.575. The molecule has 19 heavy (non-hydrogen) atoms. The van der Waals surface area contributed by atoms with Crippen molar-refractivity contribution in [2.75, 3.05) is 11.9 Å². The minimum atomic E-state index is 0.575. The number of nitrogens with one attached hydrogen (secondary N) is 2. The highest BCUT2D eigenvalue weighted by Crippen LogP contribution is 2.32. The van der Waals surface area contributed by atoms with Gasteiger partial charge in [-0.15, -0.1) is 10.2 Å². The van der Waals surface area contributed by atoms with Crippen LogP contribution in [0.25, 0.3) is 11.2 Å². The van der Waals surface area contributed by atoms with E-state index in [1.54, 1.807) is 6.33 Å². The van der Waals surface area contributed by atoms with Gasteiger partial charge in [0, 0.05) is 6.54 Å². The summed E-state index contributed by atoms with van der Waals surface area (Å²) in [7, 11) is 0. The van der Waals surface area contributed by atoms with E-state index in [0.717, 1.165) is 26.4 Å². The summed E-state index contributed by atoms with van der Waals surface area (Å²) in [5.41, 5.74) is 1.47. The molecule has 3 heterocycles. The zero-order valence-electron chi connectivity index (χ0n) is 10.3. The largest absolute Gasteiger partial charge is 0.354 e. The van der Waals surface area contributed by atoms with Crippen molar-refractivity contribution >= 4 is 40.2 Å². The highest BCUT2D eigenvalue weighted by molar-refractivity contribution is 8.01. The maximum absolute atomic E-state index is 4.48. The molecule has 9 heteroatoms. The molecule has 3 aromatic heterocycles. The maximum atomic E-state index is 4.48. The molecule has 2 N–H and O–H groups in total. The van der Waals surface area contributed by atoms with Crippen LogP contribution < -0.4 is 5.32 Å². The van der Waals surface area contributed by atoms with Crippen molar-refractivity contribution < 1.29 is 0 Å². The molecule has 98 valence electrons. The average molecular weight is 293 g/mol. The average Bonchev–Trinajstić information content (AvgIpc) is 2.99. The Balaban J connectivity index is 2.02. The number of fused-ring (bicyclic) bond motifs is 1. The van der Waals surface area contributed by atoms with E-state index in [2.05, 4.69) is 35.5 Å². The first-order chi connectivity index (χ1) is 9.26. The molecule has 0 aliphatic heterocycles. The Morgan fingerprint density at radius 3 is 3.00 bits per heavy atom. The van der Waals surface area contributed by atoms with Gasteiger partial charge in [-0.1, -0.05) is 11.3 Å². The lowest BCUT2D eigenvalue weighted by Gasteiger charge is -2.03. The number of aryl methyl sites for hydroxylation is 1. The summed E-state index contributed by atoms with van der Waals surface area (Å²) in [4.78, 5) is 16.0. The molecule has 0 saturated heterocycles. The van der Waals surface area contributed by atoms with Crippen LogP contribution >= 0.6 is 23.1 Å². The Morgan fingerprint density at radius 2 is 2.26 bits per heavy atom. The molecule has 0 atom stereocenters. The molecule has 3 rings (SSSR count). The van der Waals surface area contributed by atoms with Gasteiger partial charge in [0.05, 0.1) is 6.33 Å². The van der Waals surface area contributed by atoms with Crippen LogP contribution in [0.5, 0.6) is 0 Å². The highest BCUT2D eigenvalue weighted by atomic mass is 32.2. The van der Waals surface area contributed by atoms with Crippen molar-refractivity contribution in [1.82, 2.24) is 30.1 Å². The van der Waals surface area contributed by atoms with Crippen molar-refractivity contribution in [3.63, 3.8) is 0 Å². The van der Waals surface area contributed by atoms with E-state index in [1.165, 1.54) is 23.1 Å².